The molecule has 0 N–H and O–H groups in total. The van der Waals surface area contributed by atoms with Gasteiger partial charge in [-0.05, 0) is 94.9 Å². The number of rotatable bonds is 7. The Balaban J connectivity index is 1.95. The van der Waals surface area contributed by atoms with Crippen molar-refractivity contribution < 1.29 is 14.3 Å². The van der Waals surface area contributed by atoms with Crippen molar-refractivity contribution in [3.05, 3.63) is 63.7 Å². The normalized spacial score (nSPS) is 12.3. The van der Waals surface area contributed by atoms with E-state index in [2.05, 4.69) is 71.2 Å². The molecule has 0 fully saturated rings. The number of hydrogen-bond acceptors (Lipinski definition) is 6. The van der Waals surface area contributed by atoms with Crippen LogP contribution in [0.25, 0.3) is 10.9 Å². The lowest BCUT2D eigenvalue weighted by molar-refractivity contribution is -0.150. The molecule has 1 aromatic heterocycles. The number of fused-ring (bicyclic) bond motifs is 1. The first-order valence-corrected chi connectivity index (χ1v) is 12.8. The number of aromatic nitrogens is 2. The topological polar surface area (TPSA) is 82.8 Å². The highest BCUT2D eigenvalue weighted by Crippen LogP contribution is 2.29. The molecule has 3 aromatic rings. The fourth-order valence-corrected chi connectivity index (χ4v) is 5.35. The van der Waals surface area contributed by atoms with Gasteiger partial charge in [0.05, 0.1) is 30.9 Å². The van der Waals surface area contributed by atoms with Gasteiger partial charge in [0.25, 0.3) is 5.56 Å². The lowest BCUT2D eigenvalue weighted by atomic mass is 10.2. The van der Waals surface area contributed by atoms with Gasteiger partial charge in [0.1, 0.15) is 11.6 Å². The summed E-state index contributed by atoms with van der Waals surface area (Å²) in [5.41, 5.74) is 1.21. The summed E-state index contributed by atoms with van der Waals surface area (Å²) in [4.78, 5) is 29.5. The van der Waals surface area contributed by atoms with E-state index in [1.807, 2.05) is 31.2 Å². The van der Waals surface area contributed by atoms with Crippen molar-refractivity contribution in [2.75, 3.05) is 6.61 Å². The predicted molar refractivity (Wildman–Crippen MR) is 145 cm³/mol. The van der Waals surface area contributed by atoms with Crippen LogP contribution >= 0.6 is 61.1 Å². The number of nitrogens with zero attached hydrogens (tertiary/aromatic N) is 3. The second-order valence-corrected chi connectivity index (χ2v) is 9.97. The fraction of sp³-hybridized carbons (Fsp3) is 0.273. The molecule has 10 heteroatoms. The quantitative estimate of drug-likeness (QED) is 0.192. The monoisotopic (exact) mass is 723 g/mol. The number of benzene rings is 2. The third-order valence-corrected chi connectivity index (χ3v) is 6.54. The lowest BCUT2D eigenvalue weighted by Crippen LogP contribution is -2.26. The Bertz CT molecular complexity index is 1240. The number of aryl methyl sites for hydroxylation is 1. The molecule has 168 valence electrons. The molecule has 0 bridgehead atoms. The number of esters is 1. The van der Waals surface area contributed by atoms with E-state index in [0.29, 0.717) is 35.5 Å². The van der Waals surface area contributed by atoms with E-state index in [9.17, 15) is 9.59 Å². The molecule has 0 aliphatic heterocycles. The van der Waals surface area contributed by atoms with E-state index in [1.165, 1.54) is 4.68 Å². The van der Waals surface area contributed by atoms with Crippen LogP contribution in [-0.4, -0.2) is 34.6 Å². The lowest BCUT2D eigenvalue weighted by Gasteiger charge is -2.16. The van der Waals surface area contributed by atoms with Crippen molar-refractivity contribution in [2.24, 2.45) is 5.10 Å². The molecule has 0 saturated heterocycles. The van der Waals surface area contributed by atoms with E-state index in [0.717, 1.165) is 17.2 Å². The Morgan fingerprint density at radius 2 is 1.94 bits per heavy atom. The Hall–Kier alpha value is -1.54. The maximum atomic E-state index is 13.0. The van der Waals surface area contributed by atoms with Gasteiger partial charge in [-0.2, -0.15) is 9.78 Å². The fourth-order valence-electron chi connectivity index (χ4n) is 2.92. The summed E-state index contributed by atoms with van der Waals surface area (Å²) in [6.45, 7) is 5.64. The highest BCUT2D eigenvalue weighted by Gasteiger charge is 2.19. The van der Waals surface area contributed by atoms with Gasteiger partial charge in [-0.3, -0.25) is 4.79 Å². The van der Waals surface area contributed by atoms with Gasteiger partial charge in [-0.1, -0.05) is 22.9 Å². The largest absolute Gasteiger partial charge is 0.477 e. The SMILES string of the molecule is CCOC(=O)[C@H](C)Oc1c(I)cc(C=Nn2c(CC)nc3ccc(Br)cc3c2=O)cc1I. The van der Waals surface area contributed by atoms with Crippen LogP contribution in [0.1, 0.15) is 32.2 Å². The number of halogens is 3. The third kappa shape index (κ3) is 5.68. The Morgan fingerprint density at radius 3 is 2.56 bits per heavy atom. The van der Waals surface area contributed by atoms with Crippen LogP contribution in [0.5, 0.6) is 5.75 Å². The average Bonchev–Trinajstić information content (AvgIpc) is 2.75. The maximum absolute atomic E-state index is 13.0. The zero-order valence-corrected chi connectivity index (χ0v) is 23.5. The molecule has 0 radical (unpaired) electrons. The summed E-state index contributed by atoms with van der Waals surface area (Å²) in [7, 11) is 0. The minimum Gasteiger partial charge on any atom is -0.477 e. The molecular weight excluding hydrogens is 704 g/mol. The van der Waals surface area contributed by atoms with Crippen LogP contribution < -0.4 is 10.3 Å². The molecule has 1 heterocycles. The molecule has 2 aromatic carbocycles. The molecule has 3 rings (SSSR count). The number of hydrogen-bond donors (Lipinski definition) is 0. The minimum absolute atomic E-state index is 0.225. The van der Waals surface area contributed by atoms with Crippen molar-refractivity contribution >= 4 is 84.2 Å². The second-order valence-electron chi connectivity index (χ2n) is 6.73. The van der Waals surface area contributed by atoms with Gasteiger partial charge < -0.3 is 9.47 Å². The first-order chi connectivity index (χ1) is 15.2. The first-order valence-electron chi connectivity index (χ1n) is 9.83. The van der Waals surface area contributed by atoms with Crippen LogP contribution in [0.4, 0.5) is 0 Å². The van der Waals surface area contributed by atoms with E-state index in [4.69, 9.17) is 9.47 Å². The van der Waals surface area contributed by atoms with Gasteiger partial charge in [-0.15, -0.1) is 0 Å². The zero-order chi connectivity index (χ0) is 23.4. The summed E-state index contributed by atoms with van der Waals surface area (Å²) in [6, 6.07) is 9.17. The Labute approximate surface area is 221 Å². The van der Waals surface area contributed by atoms with Crippen molar-refractivity contribution in [2.45, 2.75) is 33.3 Å². The zero-order valence-electron chi connectivity index (χ0n) is 17.6. The van der Waals surface area contributed by atoms with Gasteiger partial charge in [0.15, 0.2) is 6.10 Å². The van der Waals surface area contributed by atoms with Gasteiger partial charge >= 0.3 is 5.97 Å². The molecule has 0 saturated carbocycles. The highest BCUT2D eigenvalue weighted by atomic mass is 127. The Morgan fingerprint density at radius 1 is 1.25 bits per heavy atom. The van der Waals surface area contributed by atoms with Crippen molar-refractivity contribution in [1.29, 1.82) is 0 Å². The maximum Gasteiger partial charge on any atom is 0.347 e. The molecule has 1 atom stereocenters. The molecule has 0 unspecified atom stereocenters. The summed E-state index contributed by atoms with van der Waals surface area (Å²) >= 11 is 7.70. The van der Waals surface area contributed by atoms with Crippen molar-refractivity contribution in [3.8, 4) is 5.75 Å². The van der Waals surface area contributed by atoms with Crippen LogP contribution in [0, 0.1) is 7.14 Å². The third-order valence-electron chi connectivity index (χ3n) is 4.45. The average molecular weight is 724 g/mol. The second kappa shape index (κ2) is 11.1. The number of carbonyl (C=O) groups excluding carboxylic acids is 1. The van der Waals surface area contributed by atoms with Crippen LogP contribution in [0.15, 0.2) is 44.7 Å². The smallest absolute Gasteiger partial charge is 0.347 e. The number of carbonyl (C=O) groups is 1. The van der Waals surface area contributed by atoms with Crippen molar-refractivity contribution in [1.82, 2.24) is 9.66 Å². The van der Waals surface area contributed by atoms with E-state index in [-0.39, 0.29) is 5.56 Å². The summed E-state index contributed by atoms with van der Waals surface area (Å²) < 4.78 is 14.6. The highest BCUT2D eigenvalue weighted by molar-refractivity contribution is 14.1. The molecule has 0 aliphatic rings. The van der Waals surface area contributed by atoms with Gasteiger partial charge in [0, 0.05) is 10.9 Å². The summed E-state index contributed by atoms with van der Waals surface area (Å²) in [5.74, 6) is 0.771. The van der Waals surface area contributed by atoms with Gasteiger partial charge in [0.2, 0.25) is 0 Å². The minimum atomic E-state index is -0.717. The van der Waals surface area contributed by atoms with E-state index in [1.54, 1.807) is 26.1 Å². The van der Waals surface area contributed by atoms with Crippen LogP contribution in [0.3, 0.4) is 0 Å². The summed E-state index contributed by atoms with van der Waals surface area (Å²) in [5, 5.41) is 4.93. The molecule has 7 nitrogen and oxygen atoms in total. The van der Waals surface area contributed by atoms with Gasteiger partial charge in [-0.25, -0.2) is 9.78 Å². The predicted octanol–water partition coefficient (Wildman–Crippen LogP) is 5.14. The van der Waals surface area contributed by atoms with Crippen molar-refractivity contribution in [3.63, 3.8) is 0 Å². The first kappa shape index (κ1) is 25.1. The molecule has 0 aliphatic carbocycles. The van der Waals surface area contributed by atoms with Crippen LogP contribution in [-0.2, 0) is 16.0 Å². The molecule has 32 heavy (non-hydrogen) atoms. The summed E-state index contributed by atoms with van der Waals surface area (Å²) in [6.07, 6.45) is 1.46. The Kier molecular flexibility index (Phi) is 8.67. The molecule has 0 amide bonds. The molecular formula is C22H20BrI2N3O4. The van der Waals surface area contributed by atoms with E-state index < -0.39 is 12.1 Å². The number of ether oxygens (including phenoxy) is 2. The standard InChI is InChI=1S/C22H20BrI2N3O4/c1-4-19-27-18-7-6-14(23)10-15(18)21(29)28(19)26-11-13-8-16(24)20(17(25)9-13)32-12(3)22(30)31-5-2/h6-12H,4-5H2,1-3H3/t12-/m0/s1. The van der Waals surface area contributed by atoms with E-state index >= 15 is 0 Å². The molecule has 0 spiro atoms. The van der Waals surface area contributed by atoms with Crippen LogP contribution in [0.2, 0.25) is 0 Å².